The summed E-state index contributed by atoms with van der Waals surface area (Å²) in [7, 11) is 0. The van der Waals surface area contributed by atoms with Crippen molar-refractivity contribution < 1.29 is 9.53 Å². The number of hydrogen-bond donors (Lipinski definition) is 1. The van der Waals surface area contributed by atoms with Crippen molar-refractivity contribution in [3.63, 3.8) is 0 Å². The van der Waals surface area contributed by atoms with Crippen LogP contribution in [0.2, 0.25) is 5.02 Å². The summed E-state index contributed by atoms with van der Waals surface area (Å²) >= 11 is 5.85. The van der Waals surface area contributed by atoms with E-state index < -0.39 is 0 Å². The van der Waals surface area contributed by atoms with E-state index in [4.69, 9.17) is 16.3 Å². The molecule has 0 radical (unpaired) electrons. The molecule has 3 aromatic carbocycles. The van der Waals surface area contributed by atoms with Crippen LogP contribution in [0.25, 0.3) is 10.8 Å². The van der Waals surface area contributed by atoms with Crippen molar-refractivity contribution in [1.82, 2.24) is 10.2 Å². The van der Waals surface area contributed by atoms with Gasteiger partial charge in [-0.05, 0) is 53.1 Å². The van der Waals surface area contributed by atoms with Gasteiger partial charge in [0.25, 0.3) is 5.91 Å². The Morgan fingerprint density at radius 1 is 1.07 bits per heavy atom. The van der Waals surface area contributed by atoms with Crippen LogP contribution in [-0.4, -0.2) is 36.5 Å². The highest BCUT2D eigenvalue weighted by molar-refractivity contribution is 6.30. The molecule has 28 heavy (non-hydrogen) atoms. The number of carbonyl (C=O) groups excluding carboxylic acids is 1. The first-order valence-electron chi connectivity index (χ1n) is 9.53. The number of rotatable bonds is 6. The number of nitrogens with one attached hydrogen (secondary N) is 1. The Bertz CT molecular complexity index is 958. The normalized spacial score (nSPS) is 17.0. The number of amides is 1. The van der Waals surface area contributed by atoms with Crippen molar-refractivity contribution in [3.05, 3.63) is 77.3 Å². The summed E-state index contributed by atoms with van der Waals surface area (Å²) in [5, 5.41) is 6.25. The van der Waals surface area contributed by atoms with Crippen molar-refractivity contribution in [2.24, 2.45) is 0 Å². The van der Waals surface area contributed by atoms with E-state index in [9.17, 15) is 4.79 Å². The smallest absolute Gasteiger partial charge is 0.258 e. The molecule has 1 heterocycles. The number of hydrogen-bond acceptors (Lipinski definition) is 3. The highest BCUT2D eigenvalue weighted by atomic mass is 35.5. The maximum absolute atomic E-state index is 12.2. The van der Waals surface area contributed by atoms with Gasteiger partial charge in [0.2, 0.25) is 0 Å². The van der Waals surface area contributed by atoms with E-state index in [-0.39, 0.29) is 18.6 Å². The molecule has 3 aromatic rings. The number of benzene rings is 3. The van der Waals surface area contributed by atoms with Crippen molar-refractivity contribution in [2.45, 2.75) is 19.0 Å². The Morgan fingerprint density at radius 3 is 2.68 bits per heavy atom. The lowest BCUT2D eigenvalue weighted by atomic mass is 10.1. The van der Waals surface area contributed by atoms with Crippen molar-refractivity contribution in [3.8, 4) is 5.75 Å². The lowest BCUT2D eigenvalue weighted by Crippen LogP contribution is -2.39. The van der Waals surface area contributed by atoms with E-state index in [1.807, 2.05) is 0 Å². The minimum absolute atomic E-state index is 0.0167. The summed E-state index contributed by atoms with van der Waals surface area (Å²) in [5.74, 6) is 0.552. The van der Waals surface area contributed by atoms with Gasteiger partial charge in [-0.2, -0.15) is 0 Å². The highest BCUT2D eigenvalue weighted by Gasteiger charge is 2.24. The van der Waals surface area contributed by atoms with Crippen LogP contribution >= 0.6 is 11.6 Å². The van der Waals surface area contributed by atoms with Gasteiger partial charge < -0.3 is 10.1 Å². The Hall–Kier alpha value is -2.56. The molecule has 1 amide bonds. The molecule has 0 aromatic heterocycles. The highest BCUT2D eigenvalue weighted by Crippen LogP contribution is 2.19. The molecule has 1 aliphatic rings. The minimum Gasteiger partial charge on any atom is -0.484 e. The Kier molecular flexibility index (Phi) is 5.79. The number of fused-ring (bicyclic) bond motifs is 1. The fourth-order valence-corrected chi connectivity index (χ4v) is 3.76. The van der Waals surface area contributed by atoms with Gasteiger partial charge >= 0.3 is 0 Å². The topological polar surface area (TPSA) is 41.6 Å². The molecule has 0 aliphatic carbocycles. The second-order valence-corrected chi connectivity index (χ2v) is 7.65. The van der Waals surface area contributed by atoms with Gasteiger partial charge in [-0.15, -0.1) is 0 Å². The van der Waals surface area contributed by atoms with Gasteiger partial charge in [0, 0.05) is 30.7 Å². The third kappa shape index (κ3) is 4.83. The number of carbonyl (C=O) groups is 1. The molecule has 144 valence electrons. The molecule has 4 nitrogen and oxygen atoms in total. The molecule has 0 spiro atoms. The Balaban J connectivity index is 1.25. The quantitative estimate of drug-likeness (QED) is 0.679. The summed E-state index contributed by atoms with van der Waals surface area (Å²) in [6.07, 6.45) is 0.959. The van der Waals surface area contributed by atoms with Gasteiger partial charge in [-0.3, -0.25) is 9.69 Å². The van der Waals surface area contributed by atoms with Gasteiger partial charge in [0.1, 0.15) is 5.75 Å². The van der Waals surface area contributed by atoms with Gasteiger partial charge in [0.15, 0.2) is 6.61 Å². The van der Waals surface area contributed by atoms with E-state index in [1.165, 1.54) is 16.3 Å². The molecule has 0 bridgehead atoms. The average Bonchev–Trinajstić information content (AvgIpc) is 3.14. The van der Waals surface area contributed by atoms with Gasteiger partial charge in [0.05, 0.1) is 0 Å². The molecule has 4 rings (SSSR count). The zero-order chi connectivity index (χ0) is 19.3. The van der Waals surface area contributed by atoms with Crippen molar-refractivity contribution in [2.75, 3.05) is 19.7 Å². The van der Waals surface area contributed by atoms with Crippen molar-refractivity contribution >= 4 is 28.3 Å². The monoisotopic (exact) mass is 394 g/mol. The van der Waals surface area contributed by atoms with Crippen LogP contribution in [0, 0.1) is 0 Å². The number of likely N-dealkylation sites (tertiary alicyclic amines) is 1. The largest absolute Gasteiger partial charge is 0.484 e. The fraction of sp³-hybridized carbons (Fsp3) is 0.261. The molecule has 0 unspecified atom stereocenters. The number of nitrogens with zero attached hydrogens (tertiary/aromatic N) is 1. The maximum Gasteiger partial charge on any atom is 0.258 e. The summed E-state index contributed by atoms with van der Waals surface area (Å²) in [6, 6.07) is 22.2. The molecule has 1 fully saturated rings. The second kappa shape index (κ2) is 8.63. The summed E-state index contributed by atoms with van der Waals surface area (Å²) in [4.78, 5) is 14.6. The van der Waals surface area contributed by atoms with E-state index in [2.05, 4.69) is 52.7 Å². The molecule has 1 saturated heterocycles. The molecule has 1 aliphatic heterocycles. The van der Waals surface area contributed by atoms with E-state index in [0.717, 1.165) is 26.1 Å². The van der Waals surface area contributed by atoms with Crippen LogP contribution in [0.4, 0.5) is 0 Å². The molecular weight excluding hydrogens is 372 g/mol. The summed E-state index contributed by atoms with van der Waals surface area (Å²) in [5.41, 5.74) is 1.30. The lowest BCUT2D eigenvalue weighted by Gasteiger charge is -2.17. The van der Waals surface area contributed by atoms with Gasteiger partial charge in [-0.25, -0.2) is 0 Å². The van der Waals surface area contributed by atoms with Crippen LogP contribution in [-0.2, 0) is 11.3 Å². The molecule has 0 saturated carbocycles. The maximum atomic E-state index is 12.2. The minimum atomic E-state index is -0.0903. The summed E-state index contributed by atoms with van der Waals surface area (Å²) in [6.45, 7) is 2.76. The first-order chi connectivity index (χ1) is 13.7. The SMILES string of the molecule is O=C(COc1ccc(Cl)cc1)N[C@@H]1CCN(Cc2ccc3ccccc3c2)C1. The van der Waals surface area contributed by atoms with Crippen molar-refractivity contribution in [1.29, 1.82) is 0 Å². The zero-order valence-electron chi connectivity index (χ0n) is 15.6. The number of ether oxygens (including phenoxy) is 1. The van der Waals surface area contributed by atoms with E-state index in [1.54, 1.807) is 24.3 Å². The van der Waals surface area contributed by atoms with E-state index >= 15 is 0 Å². The first kappa shape index (κ1) is 18.8. The predicted octanol–water partition coefficient (Wildman–Crippen LogP) is 4.26. The van der Waals surface area contributed by atoms with Crippen LogP contribution in [0.1, 0.15) is 12.0 Å². The second-order valence-electron chi connectivity index (χ2n) is 7.21. The third-order valence-corrected chi connectivity index (χ3v) is 5.29. The fourth-order valence-electron chi connectivity index (χ4n) is 3.64. The number of halogens is 1. The molecule has 5 heteroatoms. The Labute approximate surface area is 170 Å². The standard InChI is InChI=1S/C23H23ClN2O2/c24-20-7-9-22(10-8-20)28-16-23(27)25-21-11-12-26(15-21)14-17-5-6-18-3-1-2-4-19(18)13-17/h1-10,13,21H,11-12,14-16H2,(H,25,27)/t21-/m1/s1. The Morgan fingerprint density at radius 2 is 1.86 bits per heavy atom. The van der Waals surface area contributed by atoms with Crippen LogP contribution in [0.15, 0.2) is 66.7 Å². The molecule has 1 N–H and O–H groups in total. The first-order valence-corrected chi connectivity index (χ1v) is 9.91. The average molecular weight is 395 g/mol. The van der Waals surface area contributed by atoms with Crippen LogP contribution in [0.5, 0.6) is 5.75 Å². The molecule has 1 atom stereocenters. The van der Waals surface area contributed by atoms with Crippen LogP contribution in [0.3, 0.4) is 0 Å². The van der Waals surface area contributed by atoms with Gasteiger partial charge in [-0.1, -0.05) is 48.0 Å². The van der Waals surface area contributed by atoms with E-state index in [0.29, 0.717) is 10.8 Å². The predicted molar refractivity (Wildman–Crippen MR) is 113 cm³/mol. The lowest BCUT2D eigenvalue weighted by molar-refractivity contribution is -0.123. The zero-order valence-corrected chi connectivity index (χ0v) is 16.4. The summed E-state index contributed by atoms with van der Waals surface area (Å²) < 4.78 is 5.51. The van der Waals surface area contributed by atoms with Crippen LogP contribution < -0.4 is 10.1 Å². The molecular formula is C23H23ClN2O2. The third-order valence-electron chi connectivity index (χ3n) is 5.04.